The number of aliphatic hydroxyl groups is 1. The van der Waals surface area contributed by atoms with Gasteiger partial charge in [0.05, 0.1) is 6.10 Å². The maximum absolute atomic E-state index is 11.4. The number of nitrogens with one attached hydrogen (secondary N) is 1. The Hall–Kier alpha value is -0.570. The molecule has 0 saturated heterocycles. The van der Waals surface area contributed by atoms with Crippen LogP contribution in [0.4, 0.5) is 0 Å². The maximum Gasteiger partial charge on any atom is 0.222 e. The van der Waals surface area contributed by atoms with Gasteiger partial charge in [0.2, 0.25) is 5.91 Å². The van der Waals surface area contributed by atoms with Crippen LogP contribution in [-0.4, -0.2) is 23.2 Å². The molecule has 14 heavy (non-hydrogen) atoms. The van der Waals surface area contributed by atoms with Crippen molar-refractivity contribution in [1.29, 1.82) is 0 Å². The first kappa shape index (κ1) is 11.5. The molecule has 0 aromatic heterocycles. The van der Waals surface area contributed by atoms with E-state index in [0.717, 1.165) is 12.8 Å². The Bertz CT molecular complexity index is 203. The zero-order valence-electron chi connectivity index (χ0n) is 9.29. The third-order valence-electron chi connectivity index (χ3n) is 3.02. The highest BCUT2D eigenvalue weighted by Crippen LogP contribution is 2.24. The molecule has 0 radical (unpaired) electrons. The van der Waals surface area contributed by atoms with Crippen molar-refractivity contribution in [3.8, 4) is 0 Å². The lowest BCUT2D eigenvalue weighted by atomic mass is 9.84. The second-order valence-electron chi connectivity index (χ2n) is 4.72. The molecule has 3 atom stereocenters. The van der Waals surface area contributed by atoms with Crippen molar-refractivity contribution in [2.75, 3.05) is 0 Å². The Morgan fingerprint density at radius 2 is 2.07 bits per heavy atom. The van der Waals surface area contributed by atoms with Gasteiger partial charge in [-0.3, -0.25) is 4.79 Å². The third-order valence-corrected chi connectivity index (χ3v) is 3.02. The van der Waals surface area contributed by atoms with Crippen LogP contribution in [-0.2, 0) is 4.79 Å². The summed E-state index contributed by atoms with van der Waals surface area (Å²) in [5, 5.41) is 12.6. The molecule has 0 spiro atoms. The largest absolute Gasteiger partial charge is 0.393 e. The number of carbonyl (C=O) groups is 1. The van der Waals surface area contributed by atoms with Crippen LogP contribution in [0.5, 0.6) is 0 Å². The van der Waals surface area contributed by atoms with Crippen molar-refractivity contribution in [2.45, 2.75) is 52.2 Å². The molecule has 0 aliphatic heterocycles. The van der Waals surface area contributed by atoms with Gasteiger partial charge in [-0.15, -0.1) is 0 Å². The normalized spacial score (nSPS) is 33.1. The van der Waals surface area contributed by atoms with Crippen molar-refractivity contribution in [1.82, 2.24) is 5.32 Å². The second kappa shape index (κ2) is 4.78. The number of hydrogen-bond acceptors (Lipinski definition) is 2. The quantitative estimate of drug-likeness (QED) is 0.704. The molecule has 3 heteroatoms. The number of amides is 1. The predicted molar refractivity (Wildman–Crippen MR) is 55.8 cm³/mol. The fourth-order valence-electron chi connectivity index (χ4n) is 1.80. The molecule has 1 aliphatic rings. The second-order valence-corrected chi connectivity index (χ2v) is 4.72. The summed E-state index contributed by atoms with van der Waals surface area (Å²) in [5.74, 6) is 0.505. The van der Waals surface area contributed by atoms with Crippen molar-refractivity contribution < 1.29 is 9.90 Å². The molecule has 1 saturated carbocycles. The molecule has 0 aromatic carbocycles. The smallest absolute Gasteiger partial charge is 0.222 e. The lowest BCUT2D eigenvalue weighted by Gasteiger charge is -2.31. The van der Waals surface area contributed by atoms with Gasteiger partial charge < -0.3 is 10.4 Å². The standard InChI is InChI=1S/C11H21NO2/c1-7(2)11(14)12-9-5-4-8(3)10(13)6-9/h7-10,13H,4-6H2,1-3H3,(H,12,14). The van der Waals surface area contributed by atoms with Gasteiger partial charge in [-0.1, -0.05) is 20.8 Å². The van der Waals surface area contributed by atoms with Crippen LogP contribution in [0.3, 0.4) is 0 Å². The number of rotatable bonds is 2. The van der Waals surface area contributed by atoms with Crippen molar-refractivity contribution >= 4 is 5.91 Å². The van der Waals surface area contributed by atoms with Crippen LogP contribution < -0.4 is 5.32 Å². The summed E-state index contributed by atoms with van der Waals surface area (Å²) in [4.78, 5) is 11.4. The minimum absolute atomic E-state index is 0.0338. The van der Waals surface area contributed by atoms with E-state index in [4.69, 9.17) is 0 Å². The Labute approximate surface area is 85.9 Å². The van der Waals surface area contributed by atoms with Gasteiger partial charge in [-0.05, 0) is 25.2 Å². The van der Waals surface area contributed by atoms with E-state index < -0.39 is 0 Å². The van der Waals surface area contributed by atoms with E-state index >= 15 is 0 Å². The van der Waals surface area contributed by atoms with Gasteiger partial charge in [0.1, 0.15) is 0 Å². The first-order valence-corrected chi connectivity index (χ1v) is 5.49. The van der Waals surface area contributed by atoms with E-state index in [-0.39, 0.29) is 24.0 Å². The summed E-state index contributed by atoms with van der Waals surface area (Å²) < 4.78 is 0. The molecular formula is C11H21NO2. The zero-order chi connectivity index (χ0) is 10.7. The van der Waals surface area contributed by atoms with Crippen LogP contribution in [0, 0.1) is 11.8 Å². The van der Waals surface area contributed by atoms with Gasteiger partial charge >= 0.3 is 0 Å². The van der Waals surface area contributed by atoms with E-state index in [9.17, 15) is 9.90 Å². The van der Waals surface area contributed by atoms with Crippen LogP contribution in [0.15, 0.2) is 0 Å². The maximum atomic E-state index is 11.4. The van der Waals surface area contributed by atoms with Crippen LogP contribution in [0.2, 0.25) is 0 Å². The van der Waals surface area contributed by atoms with Gasteiger partial charge in [0.15, 0.2) is 0 Å². The first-order chi connectivity index (χ1) is 6.50. The van der Waals surface area contributed by atoms with Crippen molar-refractivity contribution in [2.24, 2.45) is 11.8 Å². The summed E-state index contributed by atoms with van der Waals surface area (Å²) in [6, 6.07) is 0.177. The van der Waals surface area contributed by atoms with Gasteiger partial charge in [-0.25, -0.2) is 0 Å². The predicted octanol–water partition coefficient (Wildman–Crippen LogP) is 1.31. The number of carbonyl (C=O) groups excluding carboxylic acids is 1. The van der Waals surface area contributed by atoms with Crippen LogP contribution >= 0.6 is 0 Å². The van der Waals surface area contributed by atoms with E-state index in [1.807, 2.05) is 13.8 Å². The number of aliphatic hydroxyl groups excluding tert-OH is 1. The minimum atomic E-state index is -0.249. The minimum Gasteiger partial charge on any atom is -0.393 e. The molecule has 2 N–H and O–H groups in total. The topological polar surface area (TPSA) is 49.3 Å². The summed E-state index contributed by atoms with van der Waals surface area (Å²) in [5.41, 5.74) is 0. The molecule has 3 unspecified atom stereocenters. The summed E-state index contributed by atoms with van der Waals surface area (Å²) >= 11 is 0. The Balaban J connectivity index is 2.37. The third kappa shape index (κ3) is 2.98. The highest BCUT2D eigenvalue weighted by molar-refractivity contribution is 5.78. The highest BCUT2D eigenvalue weighted by Gasteiger charge is 2.27. The molecule has 82 valence electrons. The van der Waals surface area contributed by atoms with Gasteiger partial charge in [0, 0.05) is 12.0 Å². The lowest BCUT2D eigenvalue weighted by Crippen LogP contribution is -2.43. The van der Waals surface area contributed by atoms with E-state index in [1.54, 1.807) is 0 Å². The molecule has 3 nitrogen and oxygen atoms in total. The van der Waals surface area contributed by atoms with Gasteiger partial charge in [0.25, 0.3) is 0 Å². The average Bonchev–Trinajstić information content (AvgIpc) is 2.11. The Morgan fingerprint density at radius 1 is 1.43 bits per heavy atom. The molecular weight excluding hydrogens is 178 g/mol. The molecule has 0 bridgehead atoms. The number of hydrogen-bond donors (Lipinski definition) is 2. The van der Waals surface area contributed by atoms with Crippen LogP contribution in [0.1, 0.15) is 40.0 Å². The van der Waals surface area contributed by atoms with Crippen molar-refractivity contribution in [3.63, 3.8) is 0 Å². The van der Waals surface area contributed by atoms with Crippen molar-refractivity contribution in [3.05, 3.63) is 0 Å². The fraction of sp³-hybridized carbons (Fsp3) is 0.909. The SMILES string of the molecule is CC(C)C(=O)NC1CCC(C)C(O)C1. The molecule has 1 amide bonds. The molecule has 1 aliphatic carbocycles. The average molecular weight is 199 g/mol. The zero-order valence-corrected chi connectivity index (χ0v) is 9.29. The molecule has 0 heterocycles. The summed E-state index contributed by atoms with van der Waals surface area (Å²) in [6.07, 6.45) is 2.46. The lowest BCUT2D eigenvalue weighted by molar-refractivity contribution is -0.125. The molecule has 0 aromatic rings. The highest BCUT2D eigenvalue weighted by atomic mass is 16.3. The summed E-state index contributed by atoms with van der Waals surface area (Å²) in [6.45, 7) is 5.83. The molecule has 1 rings (SSSR count). The Kier molecular flexibility index (Phi) is 3.93. The fourth-order valence-corrected chi connectivity index (χ4v) is 1.80. The van der Waals surface area contributed by atoms with Crippen LogP contribution in [0.25, 0.3) is 0 Å². The van der Waals surface area contributed by atoms with E-state index in [2.05, 4.69) is 12.2 Å². The Morgan fingerprint density at radius 3 is 2.57 bits per heavy atom. The first-order valence-electron chi connectivity index (χ1n) is 5.49. The monoisotopic (exact) mass is 199 g/mol. The summed E-state index contributed by atoms with van der Waals surface area (Å²) in [7, 11) is 0. The van der Waals surface area contributed by atoms with E-state index in [0.29, 0.717) is 12.3 Å². The molecule has 1 fully saturated rings. The van der Waals surface area contributed by atoms with E-state index in [1.165, 1.54) is 0 Å². The van der Waals surface area contributed by atoms with Gasteiger partial charge in [-0.2, -0.15) is 0 Å².